The number of carbonyl (C=O) groups excluding carboxylic acids is 1. The van der Waals surface area contributed by atoms with Crippen LogP contribution in [0.1, 0.15) is 22.6 Å². The molecule has 2 aliphatic heterocycles. The van der Waals surface area contributed by atoms with Gasteiger partial charge in [0, 0.05) is 51.0 Å². The lowest BCUT2D eigenvalue weighted by Gasteiger charge is -2.32. The zero-order chi connectivity index (χ0) is 17.2. The van der Waals surface area contributed by atoms with Gasteiger partial charge in [-0.25, -0.2) is 4.68 Å². The van der Waals surface area contributed by atoms with Crippen molar-refractivity contribution in [2.24, 2.45) is 0 Å². The Balaban J connectivity index is 0.00000196. The van der Waals surface area contributed by atoms with Crippen LogP contribution in [0.15, 0.2) is 36.4 Å². The molecule has 0 bridgehead atoms. The first-order valence-electron chi connectivity index (χ1n) is 9.08. The zero-order valence-electron chi connectivity index (χ0n) is 15.1. The van der Waals surface area contributed by atoms with Crippen LogP contribution in [0.3, 0.4) is 0 Å². The number of piperazine rings is 1. The molecule has 26 heavy (non-hydrogen) atoms. The first kappa shape index (κ1) is 18.9. The van der Waals surface area contributed by atoms with E-state index in [0.717, 1.165) is 57.1 Å². The fraction of sp³-hybridized carbons (Fsp3) is 0.474. The highest BCUT2D eigenvalue weighted by Gasteiger charge is 2.32. The van der Waals surface area contributed by atoms with Crippen molar-refractivity contribution in [3.05, 3.63) is 47.8 Å². The van der Waals surface area contributed by atoms with Crippen LogP contribution in [0.4, 0.5) is 0 Å². The Morgan fingerprint density at radius 2 is 1.88 bits per heavy atom. The van der Waals surface area contributed by atoms with Gasteiger partial charge in [-0.1, -0.05) is 18.2 Å². The van der Waals surface area contributed by atoms with E-state index in [9.17, 15) is 4.79 Å². The Morgan fingerprint density at radius 3 is 2.62 bits per heavy atom. The van der Waals surface area contributed by atoms with Gasteiger partial charge in [-0.05, 0) is 31.5 Å². The molecule has 1 N–H and O–H groups in total. The second kappa shape index (κ2) is 8.20. The number of para-hydroxylation sites is 1. The SMILES string of the molecule is Cc1cc(C(=O)N2CCC(N3CCNCC3)C2)nn1-c1ccccc1.Cl. The van der Waals surface area contributed by atoms with Crippen molar-refractivity contribution in [1.29, 1.82) is 0 Å². The first-order chi connectivity index (χ1) is 12.2. The van der Waals surface area contributed by atoms with Crippen molar-refractivity contribution in [1.82, 2.24) is 24.9 Å². The summed E-state index contributed by atoms with van der Waals surface area (Å²) in [5.41, 5.74) is 2.51. The van der Waals surface area contributed by atoms with Crippen LogP contribution in [0.25, 0.3) is 5.69 Å². The lowest BCUT2D eigenvalue weighted by atomic mass is 10.2. The second-order valence-corrected chi connectivity index (χ2v) is 6.90. The van der Waals surface area contributed by atoms with Gasteiger partial charge in [0.25, 0.3) is 5.91 Å². The van der Waals surface area contributed by atoms with Crippen LogP contribution in [-0.2, 0) is 0 Å². The summed E-state index contributed by atoms with van der Waals surface area (Å²) in [4.78, 5) is 17.4. The van der Waals surface area contributed by atoms with Crippen molar-refractivity contribution in [3.63, 3.8) is 0 Å². The number of aromatic nitrogens is 2. The zero-order valence-corrected chi connectivity index (χ0v) is 15.9. The monoisotopic (exact) mass is 375 g/mol. The van der Waals surface area contributed by atoms with E-state index in [-0.39, 0.29) is 18.3 Å². The number of nitrogens with one attached hydrogen (secondary N) is 1. The molecule has 1 unspecified atom stereocenters. The van der Waals surface area contributed by atoms with Gasteiger partial charge in [-0.3, -0.25) is 9.69 Å². The van der Waals surface area contributed by atoms with E-state index in [4.69, 9.17) is 0 Å². The van der Waals surface area contributed by atoms with Gasteiger partial charge < -0.3 is 10.2 Å². The quantitative estimate of drug-likeness (QED) is 0.887. The van der Waals surface area contributed by atoms with Crippen LogP contribution in [-0.4, -0.2) is 70.8 Å². The summed E-state index contributed by atoms with van der Waals surface area (Å²) in [7, 11) is 0. The van der Waals surface area contributed by atoms with Crippen molar-refractivity contribution >= 4 is 18.3 Å². The number of rotatable bonds is 3. The molecule has 2 fully saturated rings. The summed E-state index contributed by atoms with van der Waals surface area (Å²) in [5.74, 6) is 0.0513. The third-order valence-corrected chi connectivity index (χ3v) is 5.23. The average Bonchev–Trinajstić information content (AvgIpc) is 3.30. The molecule has 1 aromatic carbocycles. The molecule has 0 spiro atoms. The molecule has 1 aromatic heterocycles. The number of aryl methyl sites for hydroxylation is 1. The molecular formula is C19H26ClN5O. The Kier molecular flexibility index (Phi) is 5.96. The van der Waals surface area contributed by atoms with Crippen molar-refractivity contribution < 1.29 is 4.79 Å². The Bertz CT molecular complexity index is 742. The number of carbonyl (C=O) groups is 1. The minimum Gasteiger partial charge on any atom is -0.336 e. The van der Waals surface area contributed by atoms with Crippen LogP contribution < -0.4 is 5.32 Å². The lowest BCUT2D eigenvalue weighted by molar-refractivity contribution is 0.0767. The molecule has 3 heterocycles. The third kappa shape index (κ3) is 3.77. The maximum atomic E-state index is 12.9. The van der Waals surface area contributed by atoms with E-state index in [1.807, 2.05) is 52.9 Å². The molecule has 2 saturated heterocycles. The normalized spacial score (nSPS) is 20.8. The van der Waals surface area contributed by atoms with E-state index >= 15 is 0 Å². The van der Waals surface area contributed by atoms with Crippen molar-refractivity contribution in [2.45, 2.75) is 19.4 Å². The maximum Gasteiger partial charge on any atom is 0.274 e. The summed E-state index contributed by atoms with van der Waals surface area (Å²) < 4.78 is 1.84. The predicted molar refractivity (Wildman–Crippen MR) is 104 cm³/mol. The van der Waals surface area contributed by atoms with Gasteiger partial charge in [0.15, 0.2) is 5.69 Å². The number of halogens is 1. The highest BCUT2D eigenvalue weighted by Crippen LogP contribution is 2.19. The number of nitrogens with zero attached hydrogens (tertiary/aromatic N) is 4. The minimum absolute atomic E-state index is 0. The van der Waals surface area contributed by atoms with Crippen LogP contribution in [0.5, 0.6) is 0 Å². The smallest absolute Gasteiger partial charge is 0.274 e. The molecule has 140 valence electrons. The largest absolute Gasteiger partial charge is 0.336 e. The molecule has 0 aliphatic carbocycles. The number of likely N-dealkylation sites (tertiary alicyclic amines) is 1. The number of hydrogen-bond acceptors (Lipinski definition) is 4. The molecule has 1 atom stereocenters. The van der Waals surface area contributed by atoms with E-state index in [0.29, 0.717) is 11.7 Å². The second-order valence-electron chi connectivity index (χ2n) is 6.90. The van der Waals surface area contributed by atoms with Crippen molar-refractivity contribution in [2.75, 3.05) is 39.3 Å². The van der Waals surface area contributed by atoms with Gasteiger partial charge in [0.05, 0.1) is 5.69 Å². The standard InChI is InChI=1S/C19H25N5O.ClH/c1-15-13-18(21-24(15)16-5-3-2-4-6-16)19(25)23-10-7-17(14-23)22-11-8-20-9-12-22;/h2-6,13,17,20H,7-12,14H2,1H3;1H. The highest BCUT2D eigenvalue weighted by atomic mass is 35.5. The summed E-state index contributed by atoms with van der Waals surface area (Å²) in [5, 5.41) is 7.95. The Hall–Kier alpha value is -1.89. The Morgan fingerprint density at radius 1 is 1.15 bits per heavy atom. The van der Waals surface area contributed by atoms with Gasteiger partial charge >= 0.3 is 0 Å². The fourth-order valence-electron chi connectivity index (χ4n) is 3.84. The summed E-state index contributed by atoms with van der Waals surface area (Å²) in [6.07, 6.45) is 1.06. The minimum atomic E-state index is 0. The summed E-state index contributed by atoms with van der Waals surface area (Å²) >= 11 is 0. The highest BCUT2D eigenvalue weighted by molar-refractivity contribution is 5.92. The van der Waals surface area contributed by atoms with E-state index < -0.39 is 0 Å². The maximum absolute atomic E-state index is 12.9. The molecule has 0 radical (unpaired) electrons. The molecule has 0 saturated carbocycles. The molecule has 1 amide bonds. The first-order valence-corrected chi connectivity index (χ1v) is 9.08. The van der Waals surface area contributed by atoms with E-state index in [1.165, 1.54) is 0 Å². The molecule has 2 aliphatic rings. The van der Waals surface area contributed by atoms with Gasteiger partial charge in [0.2, 0.25) is 0 Å². The van der Waals surface area contributed by atoms with Crippen LogP contribution in [0, 0.1) is 6.92 Å². The number of hydrogen-bond donors (Lipinski definition) is 1. The third-order valence-electron chi connectivity index (χ3n) is 5.23. The van der Waals surface area contributed by atoms with Gasteiger partial charge in [-0.2, -0.15) is 5.10 Å². The lowest BCUT2D eigenvalue weighted by Crippen LogP contribution is -2.49. The van der Waals surface area contributed by atoms with Crippen molar-refractivity contribution in [3.8, 4) is 5.69 Å². The van der Waals surface area contributed by atoms with E-state index in [1.54, 1.807) is 0 Å². The molecule has 7 heteroatoms. The fourth-order valence-corrected chi connectivity index (χ4v) is 3.84. The summed E-state index contributed by atoms with van der Waals surface area (Å²) in [6, 6.07) is 12.3. The van der Waals surface area contributed by atoms with Gasteiger partial charge in [-0.15, -0.1) is 12.4 Å². The van der Waals surface area contributed by atoms with E-state index in [2.05, 4.69) is 15.3 Å². The number of benzene rings is 1. The summed E-state index contributed by atoms with van der Waals surface area (Å²) in [6.45, 7) is 7.88. The van der Waals surface area contributed by atoms with Crippen LogP contribution >= 0.6 is 12.4 Å². The van der Waals surface area contributed by atoms with Crippen LogP contribution in [0.2, 0.25) is 0 Å². The predicted octanol–water partition coefficient (Wildman–Crippen LogP) is 1.72. The molecular weight excluding hydrogens is 350 g/mol. The molecule has 6 nitrogen and oxygen atoms in total. The molecule has 4 rings (SSSR count). The average molecular weight is 376 g/mol. The number of amides is 1. The topological polar surface area (TPSA) is 53.4 Å². The molecule has 2 aromatic rings. The Labute approximate surface area is 160 Å². The van der Waals surface area contributed by atoms with Gasteiger partial charge in [0.1, 0.15) is 0 Å².